The average Bonchev–Trinajstić information content (AvgIpc) is 2.89. The maximum atomic E-state index is 11.6. The van der Waals surface area contributed by atoms with E-state index in [9.17, 15) is 4.79 Å². The molecule has 0 unspecified atom stereocenters. The van der Waals surface area contributed by atoms with E-state index in [1.807, 2.05) is 68.2 Å². The zero-order chi connectivity index (χ0) is 11.9. The Hall–Kier alpha value is -1.63. The van der Waals surface area contributed by atoms with Gasteiger partial charge < -0.3 is 0 Å². The van der Waals surface area contributed by atoms with Crippen molar-refractivity contribution in [3.05, 3.63) is 85.7 Å². The molecule has 17 heavy (non-hydrogen) atoms. The molecule has 1 heteroatoms. The fourth-order valence-corrected chi connectivity index (χ4v) is 1.51. The number of ketones is 1. The quantitative estimate of drug-likeness (QED) is 0.563. The normalized spacial score (nSPS) is 17.2. The first kappa shape index (κ1) is 11.8. The highest BCUT2D eigenvalue weighted by molar-refractivity contribution is 6.05. The fraction of sp³-hybridized carbons (Fsp3) is 0. The summed E-state index contributed by atoms with van der Waals surface area (Å²) in [6, 6.07) is 9.98. The zero-order valence-electron chi connectivity index (χ0n) is 9.41. The van der Waals surface area contributed by atoms with Crippen LogP contribution in [0.3, 0.4) is 0 Å². The van der Waals surface area contributed by atoms with Gasteiger partial charge in [0, 0.05) is 0 Å². The predicted octanol–water partition coefficient (Wildman–Crippen LogP) is 3.23. The van der Waals surface area contributed by atoms with Gasteiger partial charge >= 0.3 is 0 Å². The van der Waals surface area contributed by atoms with Gasteiger partial charge in [-0.3, -0.25) is 4.79 Å². The van der Waals surface area contributed by atoms with Crippen LogP contribution in [-0.4, -0.2) is 5.78 Å². The van der Waals surface area contributed by atoms with Crippen LogP contribution < -0.4 is 0 Å². The molecule has 1 aromatic rings. The zero-order valence-corrected chi connectivity index (χ0v) is 9.41. The van der Waals surface area contributed by atoms with Crippen molar-refractivity contribution in [3.63, 3.8) is 0 Å². The SMILES string of the molecule is O=C(/C=C/C=C/c1ccccc1)[C]1[CH][CH][CH][CH]1. The van der Waals surface area contributed by atoms with Crippen LogP contribution in [0.5, 0.6) is 0 Å². The van der Waals surface area contributed by atoms with Crippen LogP contribution in [0.15, 0.2) is 48.6 Å². The van der Waals surface area contributed by atoms with Gasteiger partial charge in [-0.1, -0.05) is 48.6 Å². The molecule has 0 aliphatic heterocycles. The van der Waals surface area contributed by atoms with Gasteiger partial charge in [-0.25, -0.2) is 0 Å². The Balaban J connectivity index is 1.85. The van der Waals surface area contributed by atoms with Gasteiger partial charge in [0.15, 0.2) is 5.78 Å². The number of carbonyl (C=O) groups excluding carboxylic acids is 1. The monoisotopic (exact) mass is 221 g/mol. The third-order valence-electron chi connectivity index (χ3n) is 2.39. The summed E-state index contributed by atoms with van der Waals surface area (Å²) >= 11 is 0. The van der Waals surface area contributed by atoms with E-state index < -0.39 is 0 Å². The first-order valence-electron chi connectivity index (χ1n) is 5.52. The van der Waals surface area contributed by atoms with Crippen LogP contribution in [0.1, 0.15) is 5.56 Å². The molecule has 1 aliphatic rings. The van der Waals surface area contributed by atoms with Crippen molar-refractivity contribution in [3.8, 4) is 0 Å². The van der Waals surface area contributed by atoms with Gasteiger partial charge in [0.05, 0.1) is 5.92 Å². The Morgan fingerprint density at radius 1 is 0.941 bits per heavy atom. The van der Waals surface area contributed by atoms with Crippen molar-refractivity contribution in [2.75, 3.05) is 0 Å². The van der Waals surface area contributed by atoms with Crippen molar-refractivity contribution in [2.24, 2.45) is 0 Å². The Morgan fingerprint density at radius 2 is 1.65 bits per heavy atom. The van der Waals surface area contributed by atoms with Gasteiger partial charge in [0.2, 0.25) is 0 Å². The van der Waals surface area contributed by atoms with Crippen LogP contribution in [0.25, 0.3) is 6.08 Å². The van der Waals surface area contributed by atoms with Crippen LogP contribution in [0.4, 0.5) is 0 Å². The van der Waals surface area contributed by atoms with Gasteiger partial charge in [-0.15, -0.1) is 0 Å². The van der Waals surface area contributed by atoms with Crippen molar-refractivity contribution >= 4 is 11.9 Å². The van der Waals surface area contributed by atoms with E-state index in [2.05, 4.69) is 0 Å². The maximum absolute atomic E-state index is 11.6. The highest BCUT2D eigenvalue weighted by Crippen LogP contribution is 2.23. The molecule has 5 radical (unpaired) electrons. The van der Waals surface area contributed by atoms with Gasteiger partial charge in [0.1, 0.15) is 0 Å². The van der Waals surface area contributed by atoms with E-state index in [1.165, 1.54) is 0 Å². The molecule has 0 saturated heterocycles. The molecule has 0 N–H and O–H groups in total. The summed E-state index contributed by atoms with van der Waals surface area (Å²) in [5.41, 5.74) is 1.12. The molecule has 1 saturated carbocycles. The lowest BCUT2D eigenvalue weighted by molar-refractivity contribution is -0.112. The first-order valence-corrected chi connectivity index (χ1v) is 5.52. The van der Waals surface area contributed by atoms with Crippen molar-refractivity contribution in [1.29, 1.82) is 0 Å². The topological polar surface area (TPSA) is 17.1 Å². The molecule has 1 nitrogen and oxygen atoms in total. The van der Waals surface area contributed by atoms with E-state index in [0.29, 0.717) is 0 Å². The molecule has 2 rings (SSSR count). The molecule has 1 aliphatic carbocycles. The molecule has 0 aromatic heterocycles. The molecular formula is C16H13O. The molecule has 0 amide bonds. The Morgan fingerprint density at radius 3 is 2.35 bits per heavy atom. The average molecular weight is 221 g/mol. The molecular weight excluding hydrogens is 208 g/mol. The summed E-state index contributed by atoms with van der Waals surface area (Å²) < 4.78 is 0. The van der Waals surface area contributed by atoms with E-state index in [1.54, 1.807) is 12.2 Å². The van der Waals surface area contributed by atoms with Crippen molar-refractivity contribution in [1.82, 2.24) is 0 Å². The van der Waals surface area contributed by atoms with Gasteiger partial charge in [0.25, 0.3) is 0 Å². The van der Waals surface area contributed by atoms with E-state index in [0.717, 1.165) is 11.5 Å². The molecule has 0 heterocycles. The third-order valence-corrected chi connectivity index (χ3v) is 2.39. The Kier molecular flexibility index (Phi) is 4.31. The van der Waals surface area contributed by atoms with Crippen molar-refractivity contribution in [2.45, 2.75) is 0 Å². The smallest absolute Gasteiger partial charge is 0.163 e. The predicted molar refractivity (Wildman–Crippen MR) is 70.1 cm³/mol. The van der Waals surface area contributed by atoms with E-state index in [-0.39, 0.29) is 5.78 Å². The lowest BCUT2D eigenvalue weighted by atomic mass is 10.0. The number of benzene rings is 1. The maximum Gasteiger partial charge on any atom is 0.163 e. The number of hydrogen-bond donors (Lipinski definition) is 0. The number of carbonyl (C=O) groups is 1. The van der Waals surface area contributed by atoms with E-state index >= 15 is 0 Å². The summed E-state index contributed by atoms with van der Waals surface area (Å²) in [5, 5.41) is 0. The summed E-state index contributed by atoms with van der Waals surface area (Å²) in [5.74, 6) is 0.766. The van der Waals surface area contributed by atoms with Crippen LogP contribution in [0.2, 0.25) is 0 Å². The number of hydrogen-bond acceptors (Lipinski definition) is 1. The fourth-order valence-electron chi connectivity index (χ4n) is 1.51. The number of allylic oxidation sites excluding steroid dienone is 3. The molecule has 83 valence electrons. The Bertz CT molecular complexity index is 408. The summed E-state index contributed by atoms with van der Waals surface area (Å²) in [6.07, 6.45) is 14.5. The van der Waals surface area contributed by atoms with Crippen LogP contribution >= 0.6 is 0 Å². The third kappa shape index (κ3) is 3.70. The molecule has 0 atom stereocenters. The summed E-state index contributed by atoms with van der Waals surface area (Å²) in [7, 11) is 0. The molecule has 1 fully saturated rings. The van der Waals surface area contributed by atoms with Crippen LogP contribution in [-0.2, 0) is 4.79 Å². The minimum atomic E-state index is 0.0349. The molecule has 1 aromatic carbocycles. The minimum Gasteiger partial charge on any atom is -0.294 e. The lowest BCUT2D eigenvalue weighted by Crippen LogP contribution is -2.05. The summed E-state index contributed by atoms with van der Waals surface area (Å²) in [6.45, 7) is 0. The second-order valence-corrected chi connectivity index (χ2v) is 3.67. The number of rotatable bonds is 4. The van der Waals surface area contributed by atoms with E-state index in [4.69, 9.17) is 0 Å². The largest absolute Gasteiger partial charge is 0.294 e. The Labute approximate surface area is 103 Å². The standard InChI is InChI=1S/C16H13O/c17-16(15-11-5-6-12-15)13-7-4-10-14-8-2-1-3-9-14/h1-13H/b10-4+,13-7+. The molecule has 0 spiro atoms. The van der Waals surface area contributed by atoms with Gasteiger partial charge in [-0.05, 0) is 37.3 Å². The highest BCUT2D eigenvalue weighted by Gasteiger charge is 2.21. The van der Waals surface area contributed by atoms with Crippen LogP contribution in [0, 0.1) is 31.6 Å². The molecule has 0 bridgehead atoms. The highest BCUT2D eigenvalue weighted by atomic mass is 16.1. The summed E-state index contributed by atoms with van der Waals surface area (Å²) in [4.78, 5) is 11.6. The van der Waals surface area contributed by atoms with Gasteiger partial charge in [-0.2, -0.15) is 0 Å². The second kappa shape index (κ2) is 6.19. The minimum absolute atomic E-state index is 0.0349. The first-order chi connectivity index (χ1) is 8.36. The van der Waals surface area contributed by atoms with Crippen molar-refractivity contribution < 1.29 is 4.79 Å². The second-order valence-electron chi connectivity index (χ2n) is 3.67. The lowest BCUT2D eigenvalue weighted by Gasteiger charge is -1.99.